The fourth-order valence-corrected chi connectivity index (χ4v) is 2.57. The van der Waals surface area contributed by atoms with Gasteiger partial charge in [0, 0.05) is 0 Å². The van der Waals surface area contributed by atoms with Crippen molar-refractivity contribution in [2.75, 3.05) is 7.11 Å². The first kappa shape index (κ1) is 14.6. The Hall–Kier alpha value is -1.81. The molecular formula is C12H6Cl2N2O3S. The third kappa shape index (κ3) is 3.02. The summed E-state index contributed by atoms with van der Waals surface area (Å²) in [5.41, 5.74) is 0.412. The van der Waals surface area contributed by atoms with E-state index in [4.69, 9.17) is 33.2 Å². The summed E-state index contributed by atoms with van der Waals surface area (Å²) in [5.74, 6) is -0.277. The lowest BCUT2D eigenvalue weighted by Gasteiger charge is -2.03. The van der Waals surface area contributed by atoms with E-state index in [0.29, 0.717) is 11.3 Å². The van der Waals surface area contributed by atoms with Crippen LogP contribution in [-0.2, 0) is 4.74 Å². The van der Waals surface area contributed by atoms with Crippen LogP contribution in [0.4, 0.5) is 0 Å². The van der Waals surface area contributed by atoms with Crippen molar-refractivity contribution >= 4 is 40.5 Å². The lowest BCUT2D eigenvalue weighted by Crippen LogP contribution is -1.98. The second-order valence-corrected chi connectivity index (χ2v) is 5.18. The van der Waals surface area contributed by atoms with Crippen LogP contribution in [0.25, 0.3) is 0 Å². The van der Waals surface area contributed by atoms with Crippen molar-refractivity contribution in [3.63, 3.8) is 0 Å². The Bertz CT molecular complexity index is 709. The maximum Gasteiger partial charge on any atom is 0.351 e. The molecule has 0 atom stereocenters. The fraction of sp³-hybridized carbons (Fsp3) is 0.0833. The van der Waals surface area contributed by atoms with Gasteiger partial charge in [0.1, 0.15) is 5.75 Å². The van der Waals surface area contributed by atoms with E-state index in [-0.39, 0.29) is 20.2 Å². The molecule has 2 aromatic rings. The van der Waals surface area contributed by atoms with Crippen molar-refractivity contribution in [2.24, 2.45) is 0 Å². The van der Waals surface area contributed by atoms with Crippen LogP contribution in [-0.4, -0.2) is 18.1 Å². The highest BCUT2D eigenvalue weighted by Crippen LogP contribution is 2.35. The van der Waals surface area contributed by atoms with Gasteiger partial charge in [0.2, 0.25) is 0 Å². The average molecular weight is 329 g/mol. The summed E-state index contributed by atoms with van der Waals surface area (Å²) in [5, 5.41) is 9.16. The van der Waals surface area contributed by atoms with Gasteiger partial charge in [-0.1, -0.05) is 34.5 Å². The van der Waals surface area contributed by atoms with Crippen LogP contribution >= 0.6 is 34.5 Å². The third-order valence-corrected chi connectivity index (χ3v) is 3.79. The summed E-state index contributed by atoms with van der Waals surface area (Å²) in [6.07, 6.45) is 0. The molecule has 0 spiro atoms. The van der Waals surface area contributed by atoms with Crippen molar-refractivity contribution < 1.29 is 14.3 Å². The van der Waals surface area contributed by atoms with Gasteiger partial charge in [0.15, 0.2) is 10.0 Å². The van der Waals surface area contributed by atoms with E-state index in [9.17, 15) is 4.79 Å². The van der Waals surface area contributed by atoms with Crippen LogP contribution < -0.4 is 4.74 Å². The molecule has 0 unspecified atom stereocenters. The summed E-state index contributed by atoms with van der Waals surface area (Å²) < 4.78 is 10.0. The summed E-state index contributed by atoms with van der Waals surface area (Å²) >= 11 is 12.7. The topological polar surface area (TPSA) is 72.2 Å². The maximum absolute atomic E-state index is 11.4. The minimum absolute atomic E-state index is 0.00150. The Morgan fingerprint density at radius 2 is 2.20 bits per heavy atom. The molecule has 1 aromatic carbocycles. The maximum atomic E-state index is 11.4. The second kappa shape index (κ2) is 6.09. The van der Waals surface area contributed by atoms with E-state index in [1.54, 1.807) is 6.07 Å². The van der Waals surface area contributed by atoms with Crippen molar-refractivity contribution in [1.29, 1.82) is 5.26 Å². The number of hydrogen-bond donors (Lipinski definition) is 0. The van der Waals surface area contributed by atoms with Crippen LogP contribution in [0.5, 0.6) is 10.9 Å². The summed E-state index contributed by atoms with van der Waals surface area (Å²) in [7, 11) is 1.25. The fourth-order valence-electron chi connectivity index (χ4n) is 1.29. The molecule has 0 saturated carbocycles. The number of carbonyl (C=O) groups is 1. The quantitative estimate of drug-likeness (QED) is 0.799. The molecular weight excluding hydrogens is 323 g/mol. The van der Waals surface area contributed by atoms with E-state index >= 15 is 0 Å². The molecule has 0 aliphatic heterocycles. The summed E-state index contributed by atoms with van der Waals surface area (Å²) in [4.78, 5) is 15.4. The number of esters is 1. The minimum atomic E-state index is -0.590. The molecule has 5 nitrogen and oxygen atoms in total. The lowest BCUT2D eigenvalue weighted by atomic mass is 10.2. The van der Waals surface area contributed by atoms with Crippen LogP contribution in [0, 0.1) is 11.3 Å². The Morgan fingerprint density at radius 1 is 1.45 bits per heavy atom. The van der Waals surface area contributed by atoms with Crippen LogP contribution in [0.3, 0.4) is 0 Å². The molecule has 2 rings (SSSR count). The SMILES string of the molecule is COC(=O)c1sc(Oc2ccc(C#N)cc2Cl)nc1Cl. The average Bonchev–Trinajstić information content (AvgIpc) is 2.81. The molecule has 20 heavy (non-hydrogen) atoms. The third-order valence-electron chi connectivity index (χ3n) is 2.20. The number of carbonyl (C=O) groups excluding carboxylic acids is 1. The number of hydrogen-bond acceptors (Lipinski definition) is 6. The second-order valence-electron chi connectivity index (χ2n) is 3.45. The predicted octanol–water partition coefficient (Wildman–Crippen LogP) is 3.90. The van der Waals surface area contributed by atoms with Crippen molar-refractivity contribution in [1.82, 2.24) is 4.98 Å². The number of nitrogens with zero attached hydrogens (tertiary/aromatic N) is 2. The molecule has 8 heteroatoms. The molecule has 1 aromatic heterocycles. The van der Waals surface area contributed by atoms with Gasteiger partial charge in [0.05, 0.1) is 23.8 Å². The lowest BCUT2D eigenvalue weighted by molar-refractivity contribution is 0.0606. The van der Waals surface area contributed by atoms with E-state index in [0.717, 1.165) is 11.3 Å². The van der Waals surface area contributed by atoms with Gasteiger partial charge in [-0.15, -0.1) is 0 Å². The number of halogens is 2. The van der Waals surface area contributed by atoms with E-state index < -0.39 is 5.97 Å². The van der Waals surface area contributed by atoms with Crippen molar-refractivity contribution in [3.8, 4) is 17.0 Å². The zero-order valence-corrected chi connectivity index (χ0v) is 12.3. The van der Waals surface area contributed by atoms with E-state index in [1.807, 2.05) is 6.07 Å². The van der Waals surface area contributed by atoms with E-state index in [2.05, 4.69) is 9.72 Å². The molecule has 0 aliphatic rings. The first-order chi connectivity index (χ1) is 9.55. The Labute approximate surface area is 128 Å². The number of rotatable bonds is 3. The largest absolute Gasteiger partial charge is 0.465 e. The van der Waals surface area contributed by atoms with Crippen LogP contribution in [0.2, 0.25) is 10.2 Å². The number of nitriles is 1. The van der Waals surface area contributed by atoms with Gasteiger partial charge in [0.25, 0.3) is 5.19 Å². The standard InChI is InChI=1S/C12H6Cl2N2O3S/c1-18-11(17)9-10(14)16-12(20-9)19-8-3-2-6(5-15)4-7(8)13/h2-4H,1H3. The molecule has 0 N–H and O–H groups in total. The molecule has 0 aliphatic carbocycles. The van der Waals surface area contributed by atoms with Gasteiger partial charge in [-0.05, 0) is 18.2 Å². The van der Waals surface area contributed by atoms with Gasteiger partial charge >= 0.3 is 5.97 Å². The predicted molar refractivity (Wildman–Crippen MR) is 74.7 cm³/mol. The number of benzene rings is 1. The molecule has 1 heterocycles. The molecule has 102 valence electrons. The normalized spacial score (nSPS) is 9.90. The zero-order chi connectivity index (χ0) is 14.7. The van der Waals surface area contributed by atoms with E-state index in [1.165, 1.54) is 19.2 Å². The molecule has 0 fully saturated rings. The Balaban J connectivity index is 2.27. The highest BCUT2D eigenvalue weighted by atomic mass is 35.5. The molecule has 0 radical (unpaired) electrons. The zero-order valence-electron chi connectivity index (χ0n) is 10.0. The Kier molecular flexibility index (Phi) is 4.45. The van der Waals surface area contributed by atoms with Crippen molar-refractivity contribution in [2.45, 2.75) is 0 Å². The van der Waals surface area contributed by atoms with Gasteiger partial charge in [-0.25, -0.2) is 4.79 Å². The van der Waals surface area contributed by atoms with Crippen molar-refractivity contribution in [3.05, 3.63) is 38.8 Å². The van der Waals surface area contributed by atoms with Crippen LogP contribution in [0.1, 0.15) is 15.2 Å². The summed E-state index contributed by atoms with van der Waals surface area (Å²) in [6.45, 7) is 0. The molecule has 0 amide bonds. The molecule has 0 saturated heterocycles. The highest BCUT2D eigenvalue weighted by molar-refractivity contribution is 7.15. The monoisotopic (exact) mass is 328 g/mol. The van der Waals surface area contributed by atoms with Gasteiger partial charge in [-0.2, -0.15) is 10.2 Å². The number of thiazole rings is 1. The Morgan fingerprint density at radius 3 is 2.80 bits per heavy atom. The number of aromatic nitrogens is 1. The first-order valence-corrected chi connectivity index (χ1v) is 6.74. The minimum Gasteiger partial charge on any atom is -0.465 e. The number of ether oxygens (including phenoxy) is 2. The van der Waals surface area contributed by atoms with Crippen LogP contribution in [0.15, 0.2) is 18.2 Å². The van der Waals surface area contributed by atoms with Gasteiger partial charge in [-0.3, -0.25) is 0 Å². The summed E-state index contributed by atoms with van der Waals surface area (Å²) in [6, 6.07) is 6.51. The number of methoxy groups -OCH3 is 1. The highest BCUT2D eigenvalue weighted by Gasteiger charge is 2.19. The van der Waals surface area contributed by atoms with Gasteiger partial charge < -0.3 is 9.47 Å². The first-order valence-electron chi connectivity index (χ1n) is 5.17. The smallest absolute Gasteiger partial charge is 0.351 e. The molecule has 0 bridgehead atoms.